The Morgan fingerprint density at radius 3 is 2.47 bits per heavy atom. The van der Waals surface area contributed by atoms with E-state index in [0.717, 1.165) is 0 Å². The summed E-state index contributed by atoms with van der Waals surface area (Å²) in [6, 6.07) is 0. The molecule has 0 N–H and O–H groups in total. The Balaban J connectivity index is 2.75. The molecule has 86 valence electrons. The van der Waals surface area contributed by atoms with Gasteiger partial charge in [-0.1, -0.05) is 0 Å². The Bertz CT molecular complexity index is 349. The monoisotopic (exact) mass is 315 g/mol. The fourth-order valence-electron chi connectivity index (χ4n) is 0.787. The summed E-state index contributed by atoms with van der Waals surface area (Å²) in [7, 11) is 0. The van der Waals surface area contributed by atoms with E-state index in [2.05, 4.69) is 25.6 Å². The van der Waals surface area contributed by atoms with Gasteiger partial charge in [0.1, 0.15) is 10.7 Å². The summed E-state index contributed by atoms with van der Waals surface area (Å²) < 4.78 is 21.2. The van der Waals surface area contributed by atoms with Crippen LogP contribution in [0.3, 0.4) is 0 Å². The first-order valence-electron chi connectivity index (χ1n) is 4.30. The molecule has 0 spiro atoms. The maximum absolute atomic E-state index is 5.38. The molecule has 0 aliphatic carbocycles. The topological polar surface area (TPSA) is 53.7 Å². The SMILES string of the molecule is CCOP(=S)(OCC)Oc1nocc1Br. The molecule has 0 aromatic carbocycles. The molecule has 15 heavy (non-hydrogen) atoms. The molecular formula is C7H11BrNO4PS. The van der Waals surface area contributed by atoms with Gasteiger partial charge in [0.05, 0.1) is 13.2 Å². The molecule has 0 aliphatic rings. The summed E-state index contributed by atoms with van der Waals surface area (Å²) in [6.45, 7) is 1.73. The second-order valence-corrected chi connectivity index (χ2v) is 6.13. The van der Waals surface area contributed by atoms with E-state index in [0.29, 0.717) is 17.7 Å². The Morgan fingerprint density at radius 2 is 2.07 bits per heavy atom. The number of rotatable bonds is 6. The van der Waals surface area contributed by atoms with E-state index < -0.39 is 6.72 Å². The fourth-order valence-corrected chi connectivity index (χ4v) is 3.15. The highest BCUT2D eigenvalue weighted by Gasteiger charge is 2.24. The fraction of sp³-hybridized carbons (Fsp3) is 0.571. The van der Waals surface area contributed by atoms with Crippen molar-refractivity contribution < 1.29 is 18.1 Å². The summed E-state index contributed by atoms with van der Waals surface area (Å²) in [5, 5.41) is 3.62. The molecule has 1 heterocycles. The lowest BCUT2D eigenvalue weighted by molar-refractivity contribution is 0.213. The first kappa shape index (κ1) is 13.1. The van der Waals surface area contributed by atoms with Gasteiger partial charge in [0.25, 0.3) is 5.88 Å². The van der Waals surface area contributed by atoms with Gasteiger partial charge in [-0.2, -0.15) is 0 Å². The third-order valence-electron chi connectivity index (χ3n) is 1.27. The van der Waals surface area contributed by atoms with E-state index in [4.69, 9.17) is 25.4 Å². The van der Waals surface area contributed by atoms with Gasteiger partial charge in [-0.25, -0.2) is 0 Å². The molecule has 1 rings (SSSR count). The van der Waals surface area contributed by atoms with Crippen molar-refractivity contribution in [3.8, 4) is 5.88 Å². The second kappa shape index (κ2) is 5.96. The number of aromatic nitrogens is 1. The van der Waals surface area contributed by atoms with Gasteiger partial charge in [-0.3, -0.25) is 9.05 Å². The highest BCUT2D eigenvalue weighted by molar-refractivity contribution is 9.10. The van der Waals surface area contributed by atoms with Crippen LogP contribution < -0.4 is 4.52 Å². The van der Waals surface area contributed by atoms with Crippen molar-refractivity contribution >= 4 is 34.5 Å². The van der Waals surface area contributed by atoms with Gasteiger partial charge < -0.3 is 9.05 Å². The minimum atomic E-state index is -2.75. The summed E-state index contributed by atoms with van der Waals surface area (Å²) in [4.78, 5) is 0. The van der Waals surface area contributed by atoms with Crippen LogP contribution >= 0.6 is 22.6 Å². The maximum atomic E-state index is 5.38. The Hall–Kier alpha value is 0.0600. The number of nitrogens with zero attached hydrogens (tertiary/aromatic N) is 1. The molecule has 0 aliphatic heterocycles. The largest absolute Gasteiger partial charge is 0.401 e. The van der Waals surface area contributed by atoms with Crippen LogP contribution in [0.5, 0.6) is 5.88 Å². The highest BCUT2D eigenvalue weighted by Crippen LogP contribution is 2.50. The second-order valence-electron chi connectivity index (χ2n) is 2.34. The van der Waals surface area contributed by atoms with Gasteiger partial charge in [0, 0.05) is 11.8 Å². The lowest BCUT2D eigenvalue weighted by Gasteiger charge is -2.19. The lowest BCUT2D eigenvalue weighted by Crippen LogP contribution is -2.02. The predicted octanol–water partition coefficient (Wildman–Crippen LogP) is 3.11. The molecule has 0 amide bonds. The third kappa shape index (κ3) is 3.85. The van der Waals surface area contributed by atoms with Crippen molar-refractivity contribution in [1.29, 1.82) is 0 Å². The van der Waals surface area contributed by atoms with Crippen molar-refractivity contribution in [2.24, 2.45) is 0 Å². The zero-order chi connectivity index (χ0) is 11.3. The first-order valence-corrected chi connectivity index (χ1v) is 7.64. The van der Waals surface area contributed by atoms with Crippen LogP contribution in [0.25, 0.3) is 0 Å². The van der Waals surface area contributed by atoms with Gasteiger partial charge in [-0.15, -0.1) is 0 Å². The molecule has 5 nitrogen and oxygen atoms in total. The van der Waals surface area contributed by atoms with Crippen LogP contribution in [0.4, 0.5) is 0 Å². The standard InChI is InChI=1S/C7H11BrNO4PS/c1-3-11-14(15,12-4-2)13-7-6(8)5-10-9-7/h5H,3-4H2,1-2H3. The maximum Gasteiger partial charge on any atom is 0.381 e. The number of halogens is 1. The molecule has 0 bridgehead atoms. The summed E-state index contributed by atoms with van der Waals surface area (Å²) >= 11 is 8.35. The lowest BCUT2D eigenvalue weighted by atomic mass is 10.7. The average Bonchev–Trinajstić information content (AvgIpc) is 2.52. The van der Waals surface area contributed by atoms with E-state index in [1.54, 1.807) is 0 Å². The summed E-state index contributed by atoms with van der Waals surface area (Å²) in [5.41, 5.74) is 0. The van der Waals surface area contributed by atoms with Gasteiger partial charge in [0.2, 0.25) is 0 Å². The van der Waals surface area contributed by atoms with Gasteiger partial charge in [0.15, 0.2) is 0 Å². The van der Waals surface area contributed by atoms with E-state index in [1.807, 2.05) is 13.8 Å². The zero-order valence-electron chi connectivity index (χ0n) is 8.31. The van der Waals surface area contributed by atoms with E-state index in [9.17, 15) is 0 Å². The van der Waals surface area contributed by atoms with Crippen LogP contribution in [0.1, 0.15) is 13.8 Å². The number of hydrogen-bond acceptors (Lipinski definition) is 6. The Kier molecular flexibility index (Phi) is 5.22. The Morgan fingerprint density at radius 1 is 1.47 bits per heavy atom. The predicted molar refractivity (Wildman–Crippen MR) is 62.4 cm³/mol. The quantitative estimate of drug-likeness (QED) is 0.752. The molecular weight excluding hydrogens is 305 g/mol. The molecule has 1 aromatic rings. The highest BCUT2D eigenvalue weighted by atomic mass is 79.9. The molecule has 0 fully saturated rings. The van der Waals surface area contributed by atoms with Crippen molar-refractivity contribution in [2.75, 3.05) is 13.2 Å². The average molecular weight is 316 g/mol. The minimum Gasteiger partial charge on any atom is -0.401 e. The third-order valence-corrected chi connectivity index (χ3v) is 4.20. The summed E-state index contributed by atoms with van der Waals surface area (Å²) in [5.74, 6) is 0.250. The minimum absolute atomic E-state index is 0.250. The number of hydrogen-bond donors (Lipinski definition) is 0. The van der Waals surface area contributed by atoms with Crippen molar-refractivity contribution in [3.63, 3.8) is 0 Å². The van der Waals surface area contributed by atoms with Crippen molar-refractivity contribution in [1.82, 2.24) is 5.16 Å². The summed E-state index contributed by atoms with van der Waals surface area (Å²) in [6.07, 6.45) is 1.40. The van der Waals surface area contributed by atoms with Crippen LogP contribution in [-0.2, 0) is 20.9 Å². The molecule has 0 atom stereocenters. The van der Waals surface area contributed by atoms with E-state index in [-0.39, 0.29) is 5.88 Å². The van der Waals surface area contributed by atoms with Crippen molar-refractivity contribution in [3.05, 3.63) is 10.7 Å². The van der Waals surface area contributed by atoms with E-state index >= 15 is 0 Å². The smallest absolute Gasteiger partial charge is 0.381 e. The Labute approximate surface area is 101 Å². The van der Waals surface area contributed by atoms with Gasteiger partial charge >= 0.3 is 6.72 Å². The van der Waals surface area contributed by atoms with Crippen LogP contribution in [0, 0.1) is 0 Å². The zero-order valence-corrected chi connectivity index (χ0v) is 11.6. The molecule has 0 unspecified atom stereocenters. The van der Waals surface area contributed by atoms with E-state index in [1.165, 1.54) is 6.26 Å². The van der Waals surface area contributed by atoms with Gasteiger partial charge in [-0.05, 0) is 34.9 Å². The molecule has 0 saturated carbocycles. The molecule has 0 radical (unpaired) electrons. The normalized spacial score (nSPS) is 11.7. The molecule has 0 saturated heterocycles. The van der Waals surface area contributed by atoms with Crippen molar-refractivity contribution in [2.45, 2.75) is 13.8 Å². The molecule has 8 heteroatoms. The molecule has 1 aromatic heterocycles. The van der Waals surface area contributed by atoms with Crippen LogP contribution in [0.2, 0.25) is 0 Å². The first-order chi connectivity index (χ1) is 7.11. The van der Waals surface area contributed by atoms with Crippen LogP contribution in [0.15, 0.2) is 15.3 Å². The van der Waals surface area contributed by atoms with Crippen LogP contribution in [-0.4, -0.2) is 18.4 Å².